The molecule has 1 heterocycles. The zero-order valence-electron chi connectivity index (χ0n) is 13.2. The highest BCUT2D eigenvalue weighted by molar-refractivity contribution is 5.51. The predicted octanol–water partition coefficient (Wildman–Crippen LogP) is -0.254. The molecule has 0 spiro atoms. The number of fused-ring (bicyclic) bond motifs is 1. The first-order valence-corrected chi connectivity index (χ1v) is 7.84. The van der Waals surface area contributed by atoms with Crippen LogP contribution in [0.2, 0.25) is 0 Å². The first-order valence-electron chi connectivity index (χ1n) is 7.84. The van der Waals surface area contributed by atoms with Crippen molar-refractivity contribution in [1.29, 1.82) is 0 Å². The molecule has 0 fully saturated rings. The van der Waals surface area contributed by atoms with E-state index in [-0.39, 0.29) is 23.8 Å². The molecule has 6 nitrogen and oxygen atoms in total. The van der Waals surface area contributed by atoms with Crippen LogP contribution in [0.15, 0.2) is 18.2 Å². The summed E-state index contributed by atoms with van der Waals surface area (Å²) in [5.41, 5.74) is 1.70. The molecule has 124 valence electrons. The molecule has 0 radical (unpaired) electrons. The zero-order chi connectivity index (χ0) is 16.1. The van der Waals surface area contributed by atoms with Crippen LogP contribution in [0.5, 0.6) is 5.75 Å². The molecule has 2 rings (SSSR count). The largest absolute Gasteiger partial charge is 0.629 e. The molecule has 0 aromatic heterocycles. The number of nitrogens with one attached hydrogen (secondary N) is 2. The van der Waals surface area contributed by atoms with Gasteiger partial charge < -0.3 is 30.5 Å². The lowest BCUT2D eigenvalue weighted by Crippen LogP contribution is -3.00. The first kappa shape index (κ1) is 17.2. The van der Waals surface area contributed by atoms with Gasteiger partial charge in [-0.05, 0) is 32.4 Å². The van der Waals surface area contributed by atoms with E-state index in [0.29, 0.717) is 31.7 Å². The second-order valence-corrected chi connectivity index (χ2v) is 6.06. The van der Waals surface area contributed by atoms with E-state index in [9.17, 15) is 15.4 Å². The Morgan fingerprint density at radius 2 is 2.14 bits per heavy atom. The number of quaternary nitrogens is 1. The van der Waals surface area contributed by atoms with E-state index in [4.69, 9.17) is 4.74 Å². The molecule has 1 aliphatic rings. The number of benzene rings is 1. The fraction of sp³-hybridized carbons (Fsp3) is 0.625. The van der Waals surface area contributed by atoms with Crippen LogP contribution in [-0.4, -0.2) is 48.2 Å². The molecule has 6 heteroatoms. The van der Waals surface area contributed by atoms with Crippen molar-refractivity contribution in [2.45, 2.75) is 44.9 Å². The number of hydroxylamine groups is 1. The molecule has 1 aromatic carbocycles. The number of aliphatic hydroxyl groups is 2. The van der Waals surface area contributed by atoms with E-state index in [1.807, 2.05) is 25.1 Å². The van der Waals surface area contributed by atoms with Gasteiger partial charge in [0, 0.05) is 19.0 Å². The fourth-order valence-corrected chi connectivity index (χ4v) is 2.77. The van der Waals surface area contributed by atoms with Crippen molar-refractivity contribution in [3.05, 3.63) is 29.0 Å². The third kappa shape index (κ3) is 4.66. The van der Waals surface area contributed by atoms with Gasteiger partial charge in [0.2, 0.25) is 0 Å². The number of hydrogen-bond donors (Lipinski definition) is 4. The molecule has 4 unspecified atom stereocenters. The topological polar surface area (TPSA) is 89.2 Å². The van der Waals surface area contributed by atoms with Crippen molar-refractivity contribution in [3.8, 4) is 5.75 Å². The van der Waals surface area contributed by atoms with Gasteiger partial charge in [-0.15, -0.1) is 0 Å². The molecule has 1 aromatic rings. The number of ether oxygens (including phenoxy) is 1. The Hall–Kier alpha value is -1.18. The fourth-order valence-electron chi connectivity index (χ4n) is 2.77. The summed E-state index contributed by atoms with van der Waals surface area (Å²) in [5.74, 6) is 0.694. The van der Waals surface area contributed by atoms with Gasteiger partial charge in [-0.25, -0.2) is 0 Å². The molecular weight excluding hydrogens is 284 g/mol. The predicted molar refractivity (Wildman–Crippen MR) is 84.3 cm³/mol. The van der Waals surface area contributed by atoms with E-state index in [1.165, 1.54) is 0 Å². The van der Waals surface area contributed by atoms with Gasteiger partial charge in [0.15, 0.2) is 0 Å². The molecule has 1 aliphatic heterocycles. The Bertz CT molecular complexity index is 481. The Labute approximate surface area is 131 Å². The summed E-state index contributed by atoms with van der Waals surface area (Å²) < 4.78 is 5.68. The minimum Gasteiger partial charge on any atom is -0.629 e. The molecule has 0 saturated heterocycles. The minimum atomic E-state index is -0.635. The summed E-state index contributed by atoms with van der Waals surface area (Å²) >= 11 is 0. The maximum absolute atomic E-state index is 11.7. The Balaban J connectivity index is 1.79. The van der Waals surface area contributed by atoms with Gasteiger partial charge >= 0.3 is 0 Å². The van der Waals surface area contributed by atoms with E-state index in [1.54, 1.807) is 6.92 Å². The van der Waals surface area contributed by atoms with Crippen LogP contribution in [0.1, 0.15) is 25.8 Å². The van der Waals surface area contributed by atoms with E-state index < -0.39 is 6.10 Å². The van der Waals surface area contributed by atoms with Crippen molar-refractivity contribution in [1.82, 2.24) is 5.32 Å². The highest BCUT2D eigenvalue weighted by atomic mass is 16.5. The summed E-state index contributed by atoms with van der Waals surface area (Å²) in [4.78, 5) is 0. The number of rotatable bonds is 8. The van der Waals surface area contributed by atoms with Crippen molar-refractivity contribution >= 4 is 5.69 Å². The van der Waals surface area contributed by atoms with Crippen LogP contribution in [0.25, 0.3) is 0 Å². The first-order chi connectivity index (χ1) is 10.5. The molecular formula is C16H26N2O4. The van der Waals surface area contributed by atoms with Crippen LogP contribution in [-0.2, 0) is 6.42 Å². The van der Waals surface area contributed by atoms with Crippen molar-refractivity contribution < 1.29 is 20.0 Å². The average Bonchev–Trinajstić information content (AvgIpc) is 2.84. The average molecular weight is 310 g/mol. The molecule has 0 bridgehead atoms. The molecule has 4 atom stereocenters. The normalized spacial score (nSPS) is 21.2. The van der Waals surface area contributed by atoms with Crippen LogP contribution in [0, 0.1) is 5.21 Å². The number of hydrogen-bond acceptors (Lipinski definition) is 5. The molecule has 22 heavy (non-hydrogen) atoms. The van der Waals surface area contributed by atoms with Gasteiger partial charge in [0.05, 0.1) is 18.2 Å². The molecule has 0 aliphatic carbocycles. The zero-order valence-corrected chi connectivity index (χ0v) is 13.2. The second kappa shape index (κ2) is 7.89. The minimum absolute atomic E-state index is 0.133. The van der Waals surface area contributed by atoms with Crippen molar-refractivity contribution in [2.24, 2.45) is 0 Å². The Kier molecular flexibility index (Phi) is 6.16. The lowest BCUT2D eigenvalue weighted by atomic mass is 10.1. The van der Waals surface area contributed by atoms with E-state index in [2.05, 4.69) is 5.32 Å². The quantitative estimate of drug-likeness (QED) is 0.497. The lowest BCUT2D eigenvalue weighted by Gasteiger charge is -2.19. The summed E-state index contributed by atoms with van der Waals surface area (Å²) in [6, 6.07) is 5.61. The van der Waals surface area contributed by atoms with Gasteiger partial charge in [-0.3, -0.25) is 0 Å². The third-order valence-electron chi connectivity index (χ3n) is 3.86. The molecule has 0 amide bonds. The van der Waals surface area contributed by atoms with Gasteiger partial charge in [0.1, 0.15) is 24.1 Å². The van der Waals surface area contributed by atoms with Crippen LogP contribution in [0.4, 0.5) is 5.69 Å². The summed E-state index contributed by atoms with van der Waals surface area (Å²) in [6.07, 6.45) is 0.358. The molecule has 0 saturated carbocycles. The SMILES string of the molecule is CC(O)CC(C)NCC(O)COc1cccc2c1CC[NH+]2[O-]. The summed E-state index contributed by atoms with van der Waals surface area (Å²) in [6.45, 7) is 4.84. The van der Waals surface area contributed by atoms with Crippen molar-refractivity contribution in [2.75, 3.05) is 19.7 Å². The monoisotopic (exact) mass is 310 g/mol. The van der Waals surface area contributed by atoms with Crippen molar-refractivity contribution in [3.63, 3.8) is 0 Å². The van der Waals surface area contributed by atoms with E-state index >= 15 is 0 Å². The second-order valence-electron chi connectivity index (χ2n) is 6.06. The van der Waals surface area contributed by atoms with Gasteiger partial charge in [-0.1, -0.05) is 6.07 Å². The maximum Gasteiger partial charge on any atom is 0.138 e. The summed E-state index contributed by atoms with van der Waals surface area (Å²) in [7, 11) is 0. The Morgan fingerprint density at radius 3 is 2.86 bits per heavy atom. The smallest absolute Gasteiger partial charge is 0.138 e. The number of aliphatic hydroxyl groups excluding tert-OH is 2. The van der Waals surface area contributed by atoms with E-state index in [0.717, 1.165) is 11.3 Å². The summed E-state index contributed by atoms with van der Waals surface area (Å²) in [5, 5.41) is 34.3. The van der Waals surface area contributed by atoms with Crippen LogP contribution >= 0.6 is 0 Å². The van der Waals surface area contributed by atoms with Crippen LogP contribution in [0.3, 0.4) is 0 Å². The standard InChI is InChI=1S/C16H26N2O4/c1-11(8-12(2)19)17-9-13(20)10-22-16-5-3-4-15-14(16)6-7-18(15)21/h3-5,11-13,17-20H,6-10H2,1-2H3. The highest BCUT2D eigenvalue weighted by Gasteiger charge is 2.22. The van der Waals surface area contributed by atoms with Crippen LogP contribution < -0.4 is 15.1 Å². The lowest BCUT2D eigenvalue weighted by molar-refractivity contribution is -0.768. The maximum atomic E-state index is 11.7. The van der Waals surface area contributed by atoms with Gasteiger partial charge in [0.25, 0.3) is 0 Å². The van der Waals surface area contributed by atoms with Gasteiger partial charge in [-0.2, -0.15) is 0 Å². The third-order valence-corrected chi connectivity index (χ3v) is 3.86. The Morgan fingerprint density at radius 1 is 1.36 bits per heavy atom. The highest BCUT2D eigenvalue weighted by Crippen LogP contribution is 2.27. The molecule has 4 N–H and O–H groups in total.